The molecule has 4 atom stereocenters. The zero-order valence-corrected chi connectivity index (χ0v) is 17.0. The van der Waals surface area contributed by atoms with Crippen molar-refractivity contribution in [2.75, 3.05) is 6.61 Å². The maximum absolute atomic E-state index is 10.2. The molecule has 1 N–H and O–H groups in total. The van der Waals surface area contributed by atoms with E-state index in [1.54, 1.807) is 6.08 Å². The average Bonchev–Trinajstić information content (AvgIpc) is 2.75. The molecule has 1 unspecified atom stereocenters. The first kappa shape index (κ1) is 21.7. The molecule has 1 aliphatic rings. The Morgan fingerprint density at radius 2 is 1.72 bits per heavy atom. The van der Waals surface area contributed by atoms with Gasteiger partial charge in [0.25, 0.3) is 0 Å². The Morgan fingerprint density at radius 3 is 2.45 bits per heavy atom. The Bertz CT molecular complexity index is 703. The number of hydrogen-bond donors (Lipinski definition) is 1. The number of benzene rings is 2. The zero-order valence-electron chi connectivity index (χ0n) is 17.0. The van der Waals surface area contributed by atoms with Gasteiger partial charge < -0.3 is 19.3 Å². The summed E-state index contributed by atoms with van der Waals surface area (Å²) in [5.41, 5.74) is 2.20. The quantitative estimate of drug-likeness (QED) is 0.420. The Hall–Kier alpha value is -1.98. The van der Waals surface area contributed by atoms with Crippen LogP contribution in [0.5, 0.6) is 0 Å². The summed E-state index contributed by atoms with van der Waals surface area (Å²) in [5.74, 6) is 0. The Labute approximate surface area is 174 Å². The second kappa shape index (κ2) is 11.9. The van der Waals surface area contributed by atoms with E-state index in [-0.39, 0.29) is 18.5 Å². The van der Waals surface area contributed by atoms with Gasteiger partial charge >= 0.3 is 0 Å². The van der Waals surface area contributed by atoms with Crippen molar-refractivity contribution < 1.29 is 19.3 Å². The number of aliphatic hydroxyl groups excluding tert-OH is 1. The minimum Gasteiger partial charge on any atom is -0.393 e. The molecule has 1 heterocycles. The van der Waals surface area contributed by atoms with E-state index in [1.165, 1.54) is 5.56 Å². The standard InChI is InChI=1S/C25H32O4/c1-2-10-22(26)17-24-18-23(28-25(29-24)21-13-7-4-8-14-21)15-9-16-27-19-20-11-5-3-6-12-20/h2-8,11-14,22-26H,1,9-10,15-19H2/t22?,23-,24+,25-/m0/s1. The van der Waals surface area contributed by atoms with E-state index in [1.807, 2.05) is 48.5 Å². The third-order valence-electron chi connectivity index (χ3n) is 5.13. The van der Waals surface area contributed by atoms with Crippen LogP contribution in [0.25, 0.3) is 0 Å². The number of aliphatic hydroxyl groups is 1. The molecule has 1 saturated heterocycles. The first-order valence-corrected chi connectivity index (χ1v) is 10.5. The number of rotatable bonds is 11. The molecule has 0 bridgehead atoms. The van der Waals surface area contributed by atoms with Crippen molar-refractivity contribution >= 4 is 0 Å². The molecule has 3 rings (SSSR count). The monoisotopic (exact) mass is 396 g/mol. The van der Waals surface area contributed by atoms with Crippen molar-refractivity contribution in [1.82, 2.24) is 0 Å². The lowest BCUT2D eigenvalue weighted by Crippen LogP contribution is -2.36. The Morgan fingerprint density at radius 1 is 1.03 bits per heavy atom. The minimum atomic E-state index is -0.429. The van der Waals surface area contributed by atoms with Gasteiger partial charge in [-0.2, -0.15) is 0 Å². The number of hydrogen-bond acceptors (Lipinski definition) is 4. The van der Waals surface area contributed by atoms with Crippen molar-refractivity contribution in [3.63, 3.8) is 0 Å². The topological polar surface area (TPSA) is 47.9 Å². The highest BCUT2D eigenvalue weighted by atomic mass is 16.7. The lowest BCUT2D eigenvalue weighted by Gasteiger charge is -2.37. The predicted octanol–water partition coefficient (Wildman–Crippen LogP) is 5.18. The van der Waals surface area contributed by atoms with Crippen LogP contribution in [-0.2, 0) is 20.8 Å². The van der Waals surface area contributed by atoms with Gasteiger partial charge in [0.1, 0.15) is 0 Å². The molecule has 4 heteroatoms. The van der Waals surface area contributed by atoms with Crippen molar-refractivity contribution in [3.8, 4) is 0 Å². The first-order valence-electron chi connectivity index (χ1n) is 10.5. The molecule has 1 fully saturated rings. The summed E-state index contributed by atoms with van der Waals surface area (Å²) in [7, 11) is 0. The van der Waals surface area contributed by atoms with Gasteiger partial charge in [0.15, 0.2) is 6.29 Å². The molecule has 0 saturated carbocycles. The summed E-state index contributed by atoms with van der Waals surface area (Å²) in [6, 6.07) is 20.2. The molecule has 4 nitrogen and oxygen atoms in total. The summed E-state index contributed by atoms with van der Waals surface area (Å²) >= 11 is 0. The van der Waals surface area contributed by atoms with E-state index in [0.29, 0.717) is 26.1 Å². The SMILES string of the molecule is C=CCC(O)C[C@@H]1C[C@H](CCCOCc2ccccc2)O[C@H](c2ccccc2)O1. The van der Waals surface area contributed by atoms with Gasteiger partial charge in [0.2, 0.25) is 0 Å². The van der Waals surface area contributed by atoms with E-state index in [2.05, 4.69) is 18.7 Å². The molecule has 1 aliphatic heterocycles. The second-order valence-corrected chi connectivity index (χ2v) is 7.59. The summed E-state index contributed by atoms with van der Waals surface area (Å²) < 4.78 is 18.2. The van der Waals surface area contributed by atoms with Crippen LogP contribution in [0.1, 0.15) is 49.5 Å². The molecule has 156 valence electrons. The van der Waals surface area contributed by atoms with E-state index < -0.39 is 6.10 Å². The van der Waals surface area contributed by atoms with E-state index in [9.17, 15) is 5.11 Å². The van der Waals surface area contributed by atoms with Gasteiger partial charge in [-0.25, -0.2) is 0 Å². The first-order chi connectivity index (χ1) is 14.2. The highest BCUT2D eigenvalue weighted by molar-refractivity contribution is 5.16. The fraction of sp³-hybridized carbons (Fsp3) is 0.440. The largest absolute Gasteiger partial charge is 0.393 e. The molecular weight excluding hydrogens is 364 g/mol. The van der Waals surface area contributed by atoms with Crippen LogP contribution in [0, 0.1) is 0 Å². The van der Waals surface area contributed by atoms with Crippen molar-refractivity contribution in [2.45, 2.75) is 63.3 Å². The van der Waals surface area contributed by atoms with Gasteiger partial charge in [-0.1, -0.05) is 66.7 Å². The summed E-state index contributed by atoms with van der Waals surface area (Å²) in [6.45, 7) is 5.05. The summed E-state index contributed by atoms with van der Waals surface area (Å²) in [5, 5.41) is 10.2. The van der Waals surface area contributed by atoms with E-state index in [0.717, 1.165) is 24.8 Å². The highest BCUT2D eigenvalue weighted by Crippen LogP contribution is 2.33. The molecule has 0 spiro atoms. The summed E-state index contributed by atoms with van der Waals surface area (Å²) in [6.07, 6.45) is 4.80. The molecule has 2 aromatic carbocycles. The van der Waals surface area contributed by atoms with Gasteiger partial charge in [-0.15, -0.1) is 6.58 Å². The van der Waals surface area contributed by atoms with Crippen LogP contribution in [0.4, 0.5) is 0 Å². The van der Waals surface area contributed by atoms with Crippen molar-refractivity contribution in [2.24, 2.45) is 0 Å². The fourth-order valence-electron chi connectivity index (χ4n) is 3.66. The molecule has 0 radical (unpaired) electrons. The van der Waals surface area contributed by atoms with Gasteiger partial charge in [-0.05, 0) is 24.8 Å². The molecular formula is C25H32O4. The van der Waals surface area contributed by atoms with Crippen LogP contribution >= 0.6 is 0 Å². The Balaban J connectivity index is 1.49. The fourth-order valence-corrected chi connectivity index (χ4v) is 3.66. The smallest absolute Gasteiger partial charge is 0.184 e. The zero-order chi connectivity index (χ0) is 20.3. The highest BCUT2D eigenvalue weighted by Gasteiger charge is 2.31. The third-order valence-corrected chi connectivity index (χ3v) is 5.13. The maximum atomic E-state index is 10.2. The van der Waals surface area contributed by atoms with Crippen LogP contribution in [0.3, 0.4) is 0 Å². The maximum Gasteiger partial charge on any atom is 0.184 e. The average molecular weight is 397 g/mol. The normalized spacial score (nSPS) is 22.9. The molecule has 29 heavy (non-hydrogen) atoms. The van der Waals surface area contributed by atoms with Gasteiger partial charge in [0, 0.05) is 25.0 Å². The molecule has 2 aromatic rings. The summed E-state index contributed by atoms with van der Waals surface area (Å²) in [4.78, 5) is 0. The lowest BCUT2D eigenvalue weighted by molar-refractivity contribution is -0.253. The predicted molar refractivity (Wildman–Crippen MR) is 114 cm³/mol. The van der Waals surface area contributed by atoms with Crippen molar-refractivity contribution in [3.05, 3.63) is 84.4 Å². The minimum absolute atomic E-state index is 0.0286. The van der Waals surface area contributed by atoms with Gasteiger partial charge in [0.05, 0.1) is 24.9 Å². The van der Waals surface area contributed by atoms with Crippen molar-refractivity contribution in [1.29, 1.82) is 0 Å². The van der Waals surface area contributed by atoms with Crippen LogP contribution in [0.2, 0.25) is 0 Å². The third kappa shape index (κ3) is 7.41. The van der Waals surface area contributed by atoms with E-state index >= 15 is 0 Å². The molecule has 0 amide bonds. The second-order valence-electron chi connectivity index (χ2n) is 7.59. The Kier molecular flexibility index (Phi) is 8.90. The van der Waals surface area contributed by atoms with E-state index in [4.69, 9.17) is 14.2 Å². The van der Waals surface area contributed by atoms with Crippen LogP contribution in [-0.4, -0.2) is 30.0 Å². The number of ether oxygens (including phenoxy) is 3. The van der Waals surface area contributed by atoms with Crippen LogP contribution in [0.15, 0.2) is 73.3 Å². The molecule has 0 aliphatic carbocycles. The van der Waals surface area contributed by atoms with Crippen LogP contribution < -0.4 is 0 Å². The lowest BCUT2D eigenvalue weighted by atomic mass is 9.99. The molecule has 0 aromatic heterocycles. The van der Waals surface area contributed by atoms with Gasteiger partial charge in [-0.3, -0.25) is 0 Å².